The number of esters is 1. The van der Waals surface area contributed by atoms with Gasteiger partial charge >= 0.3 is 5.97 Å². The Labute approximate surface area is 96.4 Å². The second kappa shape index (κ2) is 8.10. The molecule has 0 saturated carbocycles. The van der Waals surface area contributed by atoms with E-state index < -0.39 is 6.10 Å². The Morgan fingerprint density at radius 2 is 2.00 bits per heavy atom. The number of carbonyl (C=O) groups is 2. The number of carbonyl (C=O) groups excluding carboxylic acids is 2. The van der Waals surface area contributed by atoms with Crippen molar-refractivity contribution in [3.63, 3.8) is 0 Å². The molecule has 0 radical (unpaired) electrons. The quantitative estimate of drug-likeness (QED) is 0.650. The molecule has 1 amide bonds. The van der Waals surface area contributed by atoms with Crippen LogP contribution in [-0.2, 0) is 14.3 Å². The summed E-state index contributed by atoms with van der Waals surface area (Å²) in [7, 11) is 0. The van der Waals surface area contributed by atoms with Crippen LogP contribution >= 0.6 is 0 Å². The summed E-state index contributed by atoms with van der Waals surface area (Å²) in [6.07, 6.45) is -0.0420. The standard InChI is InChI=1S/C11H21NO4/c1-4-10(14)12(8-9(3)13)7-6-11(15)16-5-2/h9,13H,4-8H2,1-3H3. The molecule has 0 aliphatic carbocycles. The molecule has 0 heterocycles. The molecule has 0 aromatic heterocycles. The van der Waals surface area contributed by atoms with Crippen LogP contribution in [0.5, 0.6) is 0 Å². The third kappa shape index (κ3) is 6.40. The van der Waals surface area contributed by atoms with E-state index in [4.69, 9.17) is 4.74 Å². The molecule has 0 aliphatic heterocycles. The lowest BCUT2D eigenvalue weighted by atomic mass is 10.3. The number of ether oxygens (including phenoxy) is 1. The molecule has 0 aromatic carbocycles. The van der Waals surface area contributed by atoms with Gasteiger partial charge < -0.3 is 14.7 Å². The van der Waals surface area contributed by atoms with E-state index >= 15 is 0 Å². The van der Waals surface area contributed by atoms with Crippen LogP contribution in [0.2, 0.25) is 0 Å². The van der Waals surface area contributed by atoms with Gasteiger partial charge in [-0.15, -0.1) is 0 Å². The summed E-state index contributed by atoms with van der Waals surface area (Å²) in [4.78, 5) is 24.1. The van der Waals surface area contributed by atoms with Crippen molar-refractivity contribution < 1.29 is 19.4 Å². The van der Waals surface area contributed by atoms with Gasteiger partial charge in [-0.1, -0.05) is 6.92 Å². The highest BCUT2D eigenvalue weighted by molar-refractivity contribution is 5.77. The Hall–Kier alpha value is -1.10. The average molecular weight is 231 g/mol. The number of aliphatic hydroxyl groups is 1. The van der Waals surface area contributed by atoms with E-state index in [0.29, 0.717) is 19.6 Å². The Morgan fingerprint density at radius 3 is 2.44 bits per heavy atom. The first-order valence-electron chi connectivity index (χ1n) is 5.62. The fourth-order valence-corrected chi connectivity index (χ4v) is 1.32. The minimum Gasteiger partial charge on any atom is -0.466 e. The zero-order valence-electron chi connectivity index (χ0n) is 10.2. The van der Waals surface area contributed by atoms with Crippen LogP contribution < -0.4 is 0 Å². The monoisotopic (exact) mass is 231 g/mol. The summed E-state index contributed by atoms with van der Waals surface area (Å²) >= 11 is 0. The first kappa shape index (κ1) is 14.9. The van der Waals surface area contributed by atoms with Gasteiger partial charge in [0.25, 0.3) is 0 Å². The third-order valence-corrected chi connectivity index (χ3v) is 2.03. The predicted octanol–water partition coefficient (Wildman–Crippen LogP) is 0.559. The number of rotatable bonds is 7. The fourth-order valence-electron chi connectivity index (χ4n) is 1.32. The molecule has 0 bridgehead atoms. The van der Waals surface area contributed by atoms with E-state index in [1.807, 2.05) is 0 Å². The molecule has 5 heteroatoms. The maximum absolute atomic E-state index is 11.5. The maximum atomic E-state index is 11.5. The largest absolute Gasteiger partial charge is 0.466 e. The molecule has 1 unspecified atom stereocenters. The topological polar surface area (TPSA) is 66.8 Å². The van der Waals surface area contributed by atoms with E-state index in [9.17, 15) is 14.7 Å². The summed E-state index contributed by atoms with van der Waals surface area (Å²) in [5.41, 5.74) is 0. The lowest BCUT2D eigenvalue weighted by molar-refractivity contribution is -0.144. The van der Waals surface area contributed by atoms with Crippen molar-refractivity contribution >= 4 is 11.9 Å². The Bertz CT molecular complexity index is 228. The highest BCUT2D eigenvalue weighted by Crippen LogP contribution is 2.00. The summed E-state index contributed by atoms with van der Waals surface area (Å²) < 4.78 is 4.77. The molecule has 0 aliphatic rings. The van der Waals surface area contributed by atoms with E-state index in [1.165, 1.54) is 4.90 Å². The maximum Gasteiger partial charge on any atom is 0.307 e. The van der Waals surface area contributed by atoms with Crippen LogP contribution in [0.4, 0.5) is 0 Å². The summed E-state index contributed by atoms with van der Waals surface area (Å²) in [6, 6.07) is 0. The van der Waals surface area contributed by atoms with Crippen molar-refractivity contribution in [3.8, 4) is 0 Å². The molecule has 16 heavy (non-hydrogen) atoms. The molecular weight excluding hydrogens is 210 g/mol. The molecule has 1 N–H and O–H groups in total. The number of hydrogen-bond donors (Lipinski definition) is 1. The van der Waals surface area contributed by atoms with Gasteiger partial charge in [0, 0.05) is 19.5 Å². The molecule has 0 aromatic rings. The van der Waals surface area contributed by atoms with Gasteiger partial charge in [0.15, 0.2) is 0 Å². The minimum atomic E-state index is -0.585. The van der Waals surface area contributed by atoms with E-state index in [1.54, 1.807) is 20.8 Å². The molecule has 1 atom stereocenters. The van der Waals surface area contributed by atoms with E-state index in [2.05, 4.69) is 0 Å². The summed E-state index contributed by atoms with van der Waals surface area (Å²) in [6.45, 7) is 6.00. The highest BCUT2D eigenvalue weighted by atomic mass is 16.5. The van der Waals surface area contributed by atoms with Crippen LogP contribution in [0.3, 0.4) is 0 Å². The predicted molar refractivity (Wildman–Crippen MR) is 59.8 cm³/mol. The lowest BCUT2D eigenvalue weighted by Gasteiger charge is -2.23. The second-order valence-corrected chi connectivity index (χ2v) is 3.60. The SMILES string of the molecule is CCOC(=O)CCN(CC(C)O)C(=O)CC. The lowest BCUT2D eigenvalue weighted by Crippen LogP contribution is -2.37. The third-order valence-electron chi connectivity index (χ3n) is 2.03. The van der Waals surface area contributed by atoms with Gasteiger partial charge in [0.2, 0.25) is 5.91 Å². The van der Waals surface area contributed by atoms with Gasteiger partial charge in [-0.25, -0.2) is 0 Å². The van der Waals surface area contributed by atoms with Crippen LogP contribution in [0.15, 0.2) is 0 Å². The van der Waals surface area contributed by atoms with E-state index in [0.717, 1.165) is 0 Å². The normalized spacial score (nSPS) is 12.0. The van der Waals surface area contributed by atoms with Crippen LogP contribution in [0.25, 0.3) is 0 Å². The van der Waals surface area contributed by atoms with Gasteiger partial charge in [-0.2, -0.15) is 0 Å². The van der Waals surface area contributed by atoms with Crippen molar-refractivity contribution in [2.45, 2.75) is 39.7 Å². The first-order chi connectivity index (χ1) is 7.51. The van der Waals surface area contributed by atoms with Crippen molar-refractivity contribution in [3.05, 3.63) is 0 Å². The zero-order valence-corrected chi connectivity index (χ0v) is 10.2. The average Bonchev–Trinajstić information content (AvgIpc) is 2.23. The van der Waals surface area contributed by atoms with Crippen molar-refractivity contribution in [1.82, 2.24) is 4.90 Å². The van der Waals surface area contributed by atoms with Gasteiger partial charge in [-0.3, -0.25) is 9.59 Å². The van der Waals surface area contributed by atoms with Crippen molar-refractivity contribution in [2.75, 3.05) is 19.7 Å². The number of hydrogen-bond acceptors (Lipinski definition) is 4. The van der Waals surface area contributed by atoms with Gasteiger partial charge in [0.1, 0.15) is 0 Å². The molecular formula is C11H21NO4. The highest BCUT2D eigenvalue weighted by Gasteiger charge is 2.15. The zero-order chi connectivity index (χ0) is 12.6. The second-order valence-electron chi connectivity index (χ2n) is 3.60. The van der Waals surface area contributed by atoms with E-state index in [-0.39, 0.29) is 24.8 Å². The molecule has 0 spiro atoms. The number of aliphatic hydroxyl groups excluding tert-OH is 1. The Kier molecular flexibility index (Phi) is 7.54. The summed E-state index contributed by atoms with van der Waals surface area (Å²) in [5.74, 6) is -0.382. The molecule has 94 valence electrons. The number of amides is 1. The molecule has 0 rings (SSSR count). The fraction of sp³-hybridized carbons (Fsp3) is 0.818. The van der Waals surface area contributed by atoms with Crippen LogP contribution in [0, 0.1) is 0 Å². The Balaban J connectivity index is 4.11. The molecule has 0 fully saturated rings. The van der Waals surface area contributed by atoms with Crippen molar-refractivity contribution in [1.29, 1.82) is 0 Å². The number of nitrogens with zero attached hydrogens (tertiary/aromatic N) is 1. The van der Waals surface area contributed by atoms with Gasteiger partial charge in [0.05, 0.1) is 19.1 Å². The minimum absolute atomic E-state index is 0.0646. The molecule has 0 saturated heterocycles. The first-order valence-corrected chi connectivity index (χ1v) is 5.62. The smallest absolute Gasteiger partial charge is 0.307 e. The summed E-state index contributed by atoms with van der Waals surface area (Å²) in [5, 5.41) is 9.23. The van der Waals surface area contributed by atoms with Crippen molar-refractivity contribution in [2.24, 2.45) is 0 Å². The van der Waals surface area contributed by atoms with Crippen LogP contribution in [0.1, 0.15) is 33.6 Å². The van der Waals surface area contributed by atoms with Crippen LogP contribution in [-0.4, -0.2) is 47.7 Å². The van der Waals surface area contributed by atoms with Gasteiger partial charge in [-0.05, 0) is 13.8 Å². The molecule has 5 nitrogen and oxygen atoms in total. The Morgan fingerprint density at radius 1 is 1.38 bits per heavy atom.